The fourth-order valence-electron chi connectivity index (χ4n) is 4.30. The van der Waals surface area contributed by atoms with E-state index in [1.165, 1.54) is 6.33 Å². The van der Waals surface area contributed by atoms with Crippen molar-refractivity contribution in [2.75, 3.05) is 23.7 Å². The number of aromatic nitrogens is 6. The van der Waals surface area contributed by atoms with Crippen LogP contribution in [0.1, 0.15) is 18.9 Å². The fraction of sp³-hybridized carbons (Fsp3) is 0.286. The molecule has 3 N–H and O–H groups in total. The monoisotopic (exact) mass is 433 g/mol. The van der Waals surface area contributed by atoms with Gasteiger partial charge in [-0.25, -0.2) is 15.0 Å². The normalized spacial score (nSPS) is 17.2. The summed E-state index contributed by atoms with van der Waals surface area (Å²) in [6.07, 6.45) is 8.41. The van der Waals surface area contributed by atoms with E-state index in [0.717, 1.165) is 41.8 Å². The van der Waals surface area contributed by atoms with Gasteiger partial charge in [-0.15, -0.1) is 0 Å². The molecule has 1 aliphatic rings. The van der Waals surface area contributed by atoms with Gasteiger partial charge in [0.2, 0.25) is 0 Å². The van der Waals surface area contributed by atoms with Crippen LogP contribution in [0.25, 0.3) is 22.3 Å². The maximum absolute atomic E-state index is 9.48. The number of nitrogens with one attached hydrogen (secondary N) is 1. The summed E-state index contributed by atoms with van der Waals surface area (Å²) in [5.74, 6) is 0.924. The van der Waals surface area contributed by atoms with Crippen molar-refractivity contribution in [3.63, 3.8) is 0 Å². The van der Waals surface area contributed by atoms with Gasteiger partial charge in [-0.1, -0.05) is 11.6 Å². The van der Waals surface area contributed by atoms with Gasteiger partial charge in [0.05, 0.1) is 36.1 Å². The average Bonchev–Trinajstić information content (AvgIpc) is 3.53. The highest BCUT2D eigenvalue weighted by Crippen LogP contribution is 2.35. The minimum absolute atomic E-state index is 0.0623. The minimum Gasteiger partial charge on any atom is -0.396 e. The average molecular weight is 434 g/mol. The Hall–Kier alpha value is -3.64. The maximum Gasteiger partial charge on any atom is 0.153 e. The zero-order valence-corrected chi connectivity index (χ0v) is 17.4. The van der Waals surface area contributed by atoms with Gasteiger partial charge in [-0.2, -0.15) is 10.4 Å². The number of pyridine rings is 1. The molecule has 0 unspecified atom stereocenters. The van der Waals surface area contributed by atoms with Crippen LogP contribution in [0.3, 0.4) is 0 Å². The second-order valence-electron chi connectivity index (χ2n) is 7.64. The van der Waals surface area contributed by atoms with Gasteiger partial charge in [0.1, 0.15) is 17.1 Å². The molecule has 156 valence electrons. The first-order valence-electron chi connectivity index (χ1n) is 10.0. The third kappa shape index (κ3) is 3.55. The lowest BCUT2D eigenvalue weighted by Gasteiger charge is -2.23. The molecule has 5 heterocycles. The number of hydrogen-bond acceptors (Lipinski definition) is 7. The molecule has 0 bridgehead atoms. The Balaban J connectivity index is 1.42. The van der Waals surface area contributed by atoms with Gasteiger partial charge in [0.15, 0.2) is 5.82 Å². The van der Waals surface area contributed by atoms with Gasteiger partial charge < -0.3 is 15.6 Å². The smallest absolute Gasteiger partial charge is 0.153 e. The molecule has 0 amide bonds. The van der Waals surface area contributed by atoms with Crippen molar-refractivity contribution in [2.24, 2.45) is 5.92 Å². The standard InChI is InChI=1S/C21H20ClN9/c22-18-2-1-16(24)21(29-18)30-8-5-13(10-30)17(3-6-23)31-11-14(9-28-31)19-15-4-7-25-20(15)27-12-26-19/h1-2,4,7,9,11-13,17H,3,5,8,10,24H2,(H,25,26,27)/t13-,17-/m0/s1. The van der Waals surface area contributed by atoms with Gasteiger partial charge in [0.25, 0.3) is 0 Å². The second kappa shape index (κ2) is 7.89. The Morgan fingerprint density at radius 3 is 3.10 bits per heavy atom. The van der Waals surface area contributed by atoms with Crippen molar-refractivity contribution in [2.45, 2.75) is 18.9 Å². The molecule has 0 spiro atoms. The molecule has 0 radical (unpaired) electrons. The van der Waals surface area contributed by atoms with Crippen LogP contribution in [0, 0.1) is 17.2 Å². The number of nitriles is 1. The molecule has 4 aromatic heterocycles. The number of fused-ring (bicyclic) bond motifs is 1. The lowest BCUT2D eigenvalue weighted by molar-refractivity contribution is 0.332. The van der Waals surface area contributed by atoms with Crippen molar-refractivity contribution in [3.05, 3.63) is 48.3 Å². The molecule has 0 saturated carbocycles. The number of nitrogens with zero attached hydrogens (tertiary/aromatic N) is 7. The van der Waals surface area contributed by atoms with Crippen LogP contribution in [-0.4, -0.2) is 42.8 Å². The first-order chi connectivity index (χ1) is 15.1. The Bertz CT molecular complexity index is 1270. The van der Waals surface area contributed by atoms with Crippen LogP contribution in [0.2, 0.25) is 5.15 Å². The molecule has 1 aliphatic heterocycles. The number of anilines is 2. The van der Waals surface area contributed by atoms with Crippen LogP contribution in [0.4, 0.5) is 11.5 Å². The summed E-state index contributed by atoms with van der Waals surface area (Å²) < 4.78 is 1.89. The van der Waals surface area contributed by atoms with E-state index < -0.39 is 0 Å². The maximum atomic E-state index is 9.48. The number of hydrogen-bond donors (Lipinski definition) is 2. The van der Waals surface area contributed by atoms with E-state index in [1.54, 1.807) is 18.3 Å². The largest absolute Gasteiger partial charge is 0.396 e. The molecule has 0 aliphatic carbocycles. The SMILES string of the molecule is N#CC[C@@H]([C@H]1CCN(c2nc(Cl)ccc2N)C1)n1cc(-c2ncnc3[nH]ccc23)cn1. The zero-order chi connectivity index (χ0) is 21.4. The number of nitrogens with two attached hydrogens (primary N) is 1. The third-order valence-corrected chi connectivity index (χ3v) is 6.02. The quantitative estimate of drug-likeness (QED) is 0.461. The van der Waals surface area contributed by atoms with Crippen LogP contribution in [0.5, 0.6) is 0 Å². The Kier molecular flexibility index (Phi) is 4.92. The van der Waals surface area contributed by atoms with Crippen molar-refractivity contribution in [1.82, 2.24) is 29.7 Å². The van der Waals surface area contributed by atoms with E-state index in [1.807, 2.05) is 23.1 Å². The first-order valence-corrected chi connectivity index (χ1v) is 10.4. The minimum atomic E-state index is -0.0623. The summed E-state index contributed by atoms with van der Waals surface area (Å²) in [7, 11) is 0. The number of H-pyrrole nitrogens is 1. The second-order valence-corrected chi connectivity index (χ2v) is 8.03. The van der Waals surface area contributed by atoms with E-state index in [-0.39, 0.29) is 12.0 Å². The number of nitrogen functional groups attached to an aromatic ring is 1. The topological polar surface area (TPSA) is 125 Å². The lowest BCUT2D eigenvalue weighted by Crippen LogP contribution is -2.26. The summed E-state index contributed by atoms with van der Waals surface area (Å²) in [6, 6.07) is 7.67. The zero-order valence-electron chi connectivity index (χ0n) is 16.6. The molecular weight excluding hydrogens is 414 g/mol. The van der Waals surface area contributed by atoms with E-state index in [2.05, 4.69) is 36.0 Å². The molecule has 1 fully saturated rings. The Morgan fingerprint density at radius 2 is 2.23 bits per heavy atom. The van der Waals surface area contributed by atoms with E-state index in [0.29, 0.717) is 23.1 Å². The van der Waals surface area contributed by atoms with Crippen molar-refractivity contribution < 1.29 is 0 Å². The Labute approximate surface area is 183 Å². The van der Waals surface area contributed by atoms with E-state index in [4.69, 9.17) is 17.3 Å². The highest BCUT2D eigenvalue weighted by atomic mass is 35.5. The van der Waals surface area contributed by atoms with Crippen LogP contribution < -0.4 is 10.6 Å². The molecule has 31 heavy (non-hydrogen) atoms. The molecular formula is C21H20ClN9. The van der Waals surface area contributed by atoms with Gasteiger partial charge in [-0.05, 0) is 24.6 Å². The highest BCUT2D eigenvalue weighted by Gasteiger charge is 2.32. The van der Waals surface area contributed by atoms with Gasteiger partial charge in [-0.3, -0.25) is 4.68 Å². The molecule has 0 aromatic carbocycles. The molecule has 1 saturated heterocycles. The van der Waals surface area contributed by atoms with Gasteiger partial charge in [0, 0.05) is 42.4 Å². The highest BCUT2D eigenvalue weighted by molar-refractivity contribution is 6.29. The summed E-state index contributed by atoms with van der Waals surface area (Å²) in [5, 5.41) is 15.4. The fourth-order valence-corrected chi connectivity index (χ4v) is 4.44. The number of aromatic amines is 1. The van der Waals surface area contributed by atoms with Gasteiger partial charge >= 0.3 is 0 Å². The number of rotatable bonds is 5. The van der Waals surface area contributed by atoms with Crippen molar-refractivity contribution in [1.29, 1.82) is 5.26 Å². The Morgan fingerprint density at radius 1 is 1.32 bits per heavy atom. The summed E-state index contributed by atoms with van der Waals surface area (Å²) in [4.78, 5) is 18.3. The number of halogens is 1. The summed E-state index contributed by atoms with van der Waals surface area (Å²) in [6.45, 7) is 1.53. The summed E-state index contributed by atoms with van der Waals surface area (Å²) >= 11 is 6.07. The summed E-state index contributed by atoms with van der Waals surface area (Å²) in [5.41, 5.74) is 9.21. The first kappa shape index (κ1) is 19.3. The molecule has 5 rings (SSSR count). The molecule has 10 heteroatoms. The van der Waals surface area contributed by atoms with Crippen LogP contribution in [-0.2, 0) is 0 Å². The third-order valence-electron chi connectivity index (χ3n) is 5.81. The van der Waals surface area contributed by atoms with Crippen molar-refractivity contribution >= 4 is 34.1 Å². The van der Waals surface area contributed by atoms with E-state index >= 15 is 0 Å². The van der Waals surface area contributed by atoms with Crippen molar-refractivity contribution in [3.8, 4) is 17.3 Å². The van der Waals surface area contributed by atoms with E-state index in [9.17, 15) is 5.26 Å². The van der Waals surface area contributed by atoms with Crippen LogP contribution in [0.15, 0.2) is 43.1 Å². The lowest BCUT2D eigenvalue weighted by atomic mass is 9.96. The molecule has 2 atom stereocenters. The van der Waals surface area contributed by atoms with Crippen LogP contribution >= 0.6 is 11.6 Å². The molecule has 9 nitrogen and oxygen atoms in total. The predicted octanol–water partition coefficient (Wildman–Crippen LogP) is 3.43. The predicted molar refractivity (Wildman–Crippen MR) is 118 cm³/mol. The molecule has 4 aromatic rings.